The molecule has 0 spiro atoms. The van der Waals surface area contributed by atoms with Gasteiger partial charge in [0.2, 0.25) is 0 Å². The highest BCUT2D eigenvalue weighted by molar-refractivity contribution is 9.10. The van der Waals surface area contributed by atoms with Gasteiger partial charge in [-0.2, -0.15) is 0 Å². The van der Waals surface area contributed by atoms with Crippen molar-refractivity contribution >= 4 is 15.9 Å². The average molecular weight is 288 g/mol. The molecule has 2 N–H and O–H groups in total. The van der Waals surface area contributed by atoms with E-state index in [1.54, 1.807) is 12.1 Å². The lowest BCUT2D eigenvalue weighted by Gasteiger charge is -2.30. The standard InChI is InChI=1S/C13H19BrFN/c1-4-13(2,3)12(16)8-9-7-10(14)5-6-11(9)15/h5-7,12H,4,8,16H2,1-3H3. The molecule has 16 heavy (non-hydrogen) atoms. The van der Waals surface area contributed by atoms with Crippen LogP contribution in [0.15, 0.2) is 22.7 Å². The summed E-state index contributed by atoms with van der Waals surface area (Å²) < 4.78 is 14.4. The van der Waals surface area contributed by atoms with E-state index >= 15 is 0 Å². The zero-order valence-corrected chi connectivity index (χ0v) is 11.6. The molecule has 0 amide bonds. The van der Waals surface area contributed by atoms with Crippen LogP contribution in [0.5, 0.6) is 0 Å². The Morgan fingerprint density at radius 2 is 2.06 bits per heavy atom. The molecule has 0 radical (unpaired) electrons. The van der Waals surface area contributed by atoms with Crippen molar-refractivity contribution in [1.29, 1.82) is 0 Å². The summed E-state index contributed by atoms with van der Waals surface area (Å²) >= 11 is 3.35. The van der Waals surface area contributed by atoms with Gasteiger partial charge in [0.25, 0.3) is 0 Å². The van der Waals surface area contributed by atoms with Gasteiger partial charge in [-0.3, -0.25) is 0 Å². The third kappa shape index (κ3) is 3.29. The molecule has 0 saturated heterocycles. The van der Waals surface area contributed by atoms with Gasteiger partial charge in [0.15, 0.2) is 0 Å². The Kier molecular flexibility index (Phi) is 4.51. The first-order chi connectivity index (χ1) is 7.36. The monoisotopic (exact) mass is 287 g/mol. The molecule has 1 rings (SSSR count). The SMILES string of the molecule is CCC(C)(C)C(N)Cc1cc(Br)ccc1F. The average Bonchev–Trinajstić information content (AvgIpc) is 2.23. The Morgan fingerprint density at radius 3 is 2.62 bits per heavy atom. The van der Waals surface area contributed by atoms with E-state index < -0.39 is 0 Å². The molecular weight excluding hydrogens is 269 g/mol. The highest BCUT2D eigenvalue weighted by atomic mass is 79.9. The molecule has 0 aliphatic carbocycles. The van der Waals surface area contributed by atoms with Crippen LogP contribution < -0.4 is 5.73 Å². The van der Waals surface area contributed by atoms with Crippen molar-refractivity contribution in [3.8, 4) is 0 Å². The van der Waals surface area contributed by atoms with Crippen molar-refractivity contribution in [3.63, 3.8) is 0 Å². The van der Waals surface area contributed by atoms with Crippen molar-refractivity contribution in [2.24, 2.45) is 11.1 Å². The summed E-state index contributed by atoms with van der Waals surface area (Å²) in [6.07, 6.45) is 1.57. The predicted octanol–water partition coefficient (Wildman–Crippen LogP) is 3.89. The van der Waals surface area contributed by atoms with Crippen LogP contribution in [0.2, 0.25) is 0 Å². The minimum atomic E-state index is -0.175. The van der Waals surface area contributed by atoms with Gasteiger partial charge in [-0.15, -0.1) is 0 Å². The fourth-order valence-corrected chi connectivity index (χ4v) is 1.88. The molecule has 1 aromatic rings. The molecular formula is C13H19BrFN. The fraction of sp³-hybridized carbons (Fsp3) is 0.538. The zero-order valence-electron chi connectivity index (χ0n) is 10.1. The van der Waals surface area contributed by atoms with E-state index in [-0.39, 0.29) is 17.3 Å². The van der Waals surface area contributed by atoms with Gasteiger partial charge in [-0.25, -0.2) is 4.39 Å². The predicted molar refractivity (Wildman–Crippen MR) is 69.9 cm³/mol. The van der Waals surface area contributed by atoms with Crippen molar-refractivity contribution in [3.05, 3.63) is 34.1 Å². The molecule has 0 bridgehead atoms. The van der Waals surface area contributed by atoms with E-state index in [9.17, 15) is 4.39 Å². The number of benzene rings is 1. The number of halogens is 2. The lowest BCUT2D eigenvalue weighted by atomic mass is 9.79. The van der Waals surface area contributed by atoms with Crippen LogP contribution in [-0.4, -0.2) is 6.04 Å². The van der Waals surface area contributed by atoms with Gasteiger partial charge in [0, 0.05) is 10.5 Å². The Bertz CT molecular complexity index is 363. The second kappa shape index (κ2) is 5.28. The molecule has 0 saturated carbocycles. The molecule has 1 unspecified atom stereocenters. The van der Waals surface area contributed by atoms with Crippen LogP contribution in [0, 0.1) is 11.2 Å². The molecule has 0 aliphatic heterocycles. The smallest absolute Gasteiger partial charge is 0.126 e. The molecule has 1 atom stereocenters. The summed E-state index contributed by atoms with van der Waals surface area (Å²) in [4.78, 5) is 0. The number of rotatable bonds is 4. The van der Waals surface area contributed by atoms with Crippen LogP contribution in [-0.2, 0) is 6.42 Å². The van der Waals surface area contributed by atoms with Crippen LogP contribution in [0.3, 0.4) is 0 Å². The Morgan fingerprint density at radius 1 is 1.44 bits per heavy atom. The first-order valence-electron chi connectivity index (χ1n) is 5.56. The highest BCUT2D eigenvalue weighted by Crippen LogP contribution is 2.27. The van der Waals surface area contributed by atoms with E-state index in [1.165, 1.54) is 6.07 Å². The summed E-state index contributed by atoms with van der Waals surface area (Å²) in [7, 11) is 0. The maximum Gasteiger partial charge on any atom is 0.126 e. The Hall–Kier alpha value is -0.410. The van der Waals surface area contributed by atoms with Gasteiger partial charge in [-0.05, 0) is 42.0 Å². The quantitative estimate of drug-likeness (QED) is 0.893. The second-order valence-electron chi connectivity index (χ2n) is 4.89. The van der Waals surface area contributed by atoms with Crippen molar-refractivity contribution in [2.45, 2.75) is 39.7 Å². The van der Waals surface area contributed by atoms with E-state index in [2.05, 4.69) is 36.7 Å². The number of hydrogen-bond donors (Lipinski definition) is 1. The third-order valence-corrected chi connectivity index (χ3v) is 3.86. The van der Waals surface area contributed by atoms with E-state index in [1.807, 2.05) is 0 Å². The second-order valence-corrected chi connectivity index (χ2v) is 5.80. The van der Waals surface area contributed by atoms with E-state index in [4.69, 9.17) is 5.73 Å². The van der Waals surface area contributed by atoms with Crippen molar-refractivity contribution < 1.29 is 4.39 Å². The maximum absolute atomic E-state index is 13.5. The van der Waals surface area contributed by atoms with Crippen LogP contribution in [0.1, 0.15) is 32.8 Å². The largest absolute Gasteiger partial charge is 0.327 e. The molecule has 0 aromatic heterocycles. The van der Waals surface area contributed by atoms with Crippen molar-refractivity contribution in [1.82, 2.24) is 0 Å². The van der Waals surface area contributed by atoms with Gasteiger partial charge in [-0.1, -0.05) is 36.7 Å². The number of nitrogens with two attached hydrogens (primary N) is 1. The van der Waals surface area contributed by atoms with E-state index in [0.29, 0.717) is 12.0 Å². The van der Waals surface area contributed by atoms with Gasteiger partial charge >= 0.3 is 0 Å². The molecule has 1 nitrogen and oxygen atoms in total. The minimum Gasteiger partial charge on any atom is -0.327 e. The van der Waals surface area contributed by atoms with Crippen LogP contribution >= 0.6 is 15.9 Å². The Balaban J connectivity index is 2.84. The zero-order chi connectivity index (χ0) is 12.3. The fourth-order valence-electron chi connectivity index (χ4n) is 1.48. The summed E-state index contributed by atoms with van der Waals surface area (Å²) in [5, 5.41) is 0. The van der Waals surface area contributed by atoms with E-state index in [0.717, 1.165) is 10.9 Å². The van der Waals surface area contributed by atoms with Crippen molar-refractivity contribution in [2.75, 3.05) is 0 Å². The molecule has 1 aromatic carbocycles. The highest BCUT2D eigenvalue weighted by Gasteiger charge is 2.25. The van der Waals surface area contributed by atoms with Gasteiger partial charge in [0.1, 0.15) is 5.82 Å². The summed E-state index contributed by atoms with van der Waals surface area (Å²) in [5.74, 6) is -0.175. The first kappa shape index (κ1) is 13.7. The summed E-state index contributed by atoms with van der Waals surface area (Å²) in [6.45, 7) is 6.35. The van der Waals surface area contributed by atoms with Crippen LogP contribution in [0.25, 0.3) is 0 Å². The normalized spacial score (nSPS) is 13.9. The first-order valence-corrected chi connectivity index (χ1v) is 6.35. The lowest BCUT2D eigenvalue weighted by Crippen LogP contribution is -2.38. The third-order valence-electron chi connectivity index (χ3n) is 3.36. The molecule has 0 fully saturated rings. The lowest BCUT2D eigenvalue weighted by molar-refractivity contribution is 0.271. The molecule has 0 aliphatic rings. The maximum atomic E-state index is 13.5. The molecule has 90 valence electrons. The topological polar surface area (TPSA) is 26.0 Å². The minimum absolute atomic E-state index is 0.0266. The molecule has 0 heterocycles. The Labute approximate surface area is 105 Å². The van der Waals surface area contributed by atoms with Crippen LogP contribution in [0.4, 0.5) is 4.39 Å². The van der Waals surface area contributed by atoms with Gasteiger partial charge in [0.05, 0.1) is 0 Å². The summed E-state index contributed by atoms with van der Waals surface area (Å²) in [5.41, 5.74) is 6.85. The number of hydrogen-bond acceptors (Lipinski definition) is 1. The van der Waals surface area contributed by atoms with Gasteiger partial charge < -0.3 is 5.73 Å². The summed E-state index contributed by atoms with van der Waals surface area (Å²) in [6, 6.07) is 4.96. The molecule has 3 heteroatoms.